The molecular weight excluding hydrogens is 1020 g/mol. The van der Waals surface area contributed by atoms with E-state index in [1.165, 1.54) is 17.2 Å². The number of nitrogens with zero attached hydrogens (tertiary/aromatic N) is 6. The molecule has 1 saturated carbocycles. The van der Waals surface area contributed by atoms with Crippen molar-refractivity contribution in [1.82, 2.24) is 34.9 Å². The standard InChI is InChI=1S/C61H95N7O12/c1-13-42(6)56(50(78-11)38-54(74)66-33-21-27-48(66)57(79-12)43(7)58(75)62-61(60(77)68-35-17-18-36-80-68)39-47(61)44-23-15-14-16-24-44)65(10)59(76)46(40(2)3)37-49(70)55(41(4)5)64(9)32-20-26-45(69)25-19-31-63(8)51(71)28-22-34-67-52(72)29-30-53(67)73/h14-16,23-24,29-30,40-43,46-48,50,55-57H,13,17-22,25-28,31-39H2,1-12H3,(H,62,75)/t42-,43+,46-,47+,48-,50+,55-,56-,57+,61-/m0/s1. The van der Waals surface area contributed by atoms with Gasteiger partial charge in [0.05, 0.1) is 49.3 Å². The molecule has 10 atom stereocenters. The normalized spacial score (nSPS) is 21.8. The number of benzene rings is 1. The van der Waals surface area contributed by atoms with E-state index in [1.807, 2.05) is 83.8 Å². The zero-order chi connectivity index (χ0) is 59.0. The highest BCUT2D eigenvalue weighted by atomic mass is 16.7. The van der Waals surface area contributed by atoms with Crippen LogP contribution in [0.1, 0.15) is 150 Å². The monoisotopic (exact) mass is 1120 g/mol. The highest BCUT2D eigenvalue weighted by molar-refractivity contribution is 6.12. The fraction of sp³-hybridized carbons (Fsp3) is 0.721. The molecule has 19 heteroatoms. The Kier molecular flexibility index (Phi) is 25.0. The van der Waals surface area contributed by atoms with Crippen LogP contribution in [0, 0.1) is 29.6 Å². The van der Waals surface area contributed by atoms with E-state index >= 15 is 0 Å². The Bertz CT molecular complexity index is 2310. The quantitative estimate of drug-likeness (QED) is 0.0804. The smallest absolute Gasteiger partial charge is 0.272 e. The molecule has 1 N–H and O–H groups in total. The average Bonchev–Trinajstić information content (AvgIpc) is 3.82. The minimum atomic E-state index is -1.16. The van der Waals surface area contributed by atoms with Gasteiger partial charge in [0.15, 0.2) is 5.78 Å². The van der Waals surface area contributed by atoms with Crippen molar-refractivity contribution in [2.75, 3.05) is 74.7 Å². The third kappa shape index (κ3) is 16.6. The first-order valence-electron chi connectivity index (χ1n) is 29.5. The Balaban J connectivity index is 1.16. The van der Waals surface area contributed by atoms with Crippen LogP contribution in [0.25, 0.3) is 0 Å². The number of imide groups is 1. The first-order valence-corrected chi connectivity index (χ1v) is 29.5. The molecule has 5 rings (SSSR count). The van der Waals surface area contributed by atoms with Gasteiger partial charge in [0, 0.05) is 104 Å². The van der Waals surface area contributed by atoms with Gasteiger partial charge >= 0.3 is 0 Å². The number of hydrogen-bond donors (Lipinski definition) is 1. The van der Waals surface area contributed by atoms with Crippen LogP contribution in [0.15, 0.2) is 42.5 Å². The molecule has 446 valence electrons. The number of nitrogens with one attached hydrogen (secondary N) is 1. The van der Waals surface area contributed by atoms with E-state index in [9.17, 15) is 43.2 Å². The van der Waals surface area contributed by atoms with E-state index in [2.05, 4.69) is 5.32 Å². The minimum Gasteiger partial charge on any atom is -0.379 e. The summed E-state index contributed by atoms with van der Waals surface area (Å²) in [6, 6.07) is 8.27. The molecule has 1 aromatic rings. The van der Waals surface area contributed by atoms with Crippen LogP contribution in [0.4, 0.5) is 0 Å². The number of amides is 7. The van der Waals surface area contributed by atoms with Gasteiger partial charge in [-0.1, -0.05) is 85.2 Å². The number of hydroxylamine groups is 2. The van der Waals surface area contributed by atoms with Crippen LogP contribution in [-0.2, 0) is 57.5 Å². The van der Waals surface area contributed by atoms with E-state index in [0.717, 1.165) is 23.3 Å². The van der Waals surface area contributed by atoms with E-state index in [4.69, 9.17) is 14.3 Å². The van der Waals surface area contributed by atoms with Crippen LogP contribution in [0.5, 0.6) is 0 Å². The molecule has 1 aliphatic carbocycles. The molecule has 0 unspecified atom stereocenters. The average molecular weight is 1120 g/mol. The molecule has 3 fully saturated rings. The first kappa shape index (κ1) is 65.4. The number of hydrogen-bond acceptors (Lipinski definition) is 13. The van der Waals surface area contributed by atoms with Crippen LogP contribution in [0.3, 0.4) is 0 Å². The number of carbonyl (C=O) groups excluding carboxylic acids is 9. The van der Waals surface area contributed by atoms with E-state index in [-0.39, 0.29) is 102 Å². The van der Waals surface area contributed by atoms with Gasteiger partial charge in [0.1, 0.15) is 11.3 Å². The third-order valence-corrected chi connectivity index (χ3v) is 17.4. The number of likely N-dealkylation sites (N-methyl/N-ethyl adjacent to an activating group) is 2. The van der Waals surface area contributed by atoms with Gasteiger partial charge in [-0.2, -0.15) is 0 Å². The Morgan fingerprint density at radius 2 is 1.46 bits per heavy atom. The summed E-state index contributed by atoms with van der Waals surface area (Å²) in [5, 5.41) is 4.57. The lowest BCUT2D eigenvalue weighted by Crippen LogP contribution is -2.57. The third-order valence-electron chi connectivity index (χ3n) is 17.4. The second kappa shape index (κ2) is 30.6. The summed E-state index contributed by atoms with van der Waals surface area (Å²) in [5.74, 6) is -3.77. The Labute approximate surface area is 476 Å². The molecule has 80 heavy (non-hydrogen) atoms. The predicted molar refractivity (Wildman–Crippen MR) is 303 cm³/mol. The van der Waals surface area contributed by atoms with E-state index < -0.39 is 47.7 Å². The molecule has 0 aromatic heterocycles. The van der Waals surface area contributed by atoms with Crippen molar-refractivity contribution in [2.24, 2.45) is 29.6 Å². The van der Waals surface area contributed by atoms with Gasteiger partial charge in [0.2, 0.25) is 23.6 Å². The van der Waals surface area contributed by atoms with E-state index in [1.54, 1.807) is 49.9 Å². The van der Waals surface area contributed by atoms with Gasteiger partial charge < -0.3 is 29.5 Å². The lowest BCUT2D eigenvalue weighted by Gasteiger charge is -2.41. The van der Waals surface area contributed by atoms with E-state index in [0.29, 0.717) is 90.6 Å². The van der Waals surface area contributed by atoms with Gasteiger partial charge in [-0.3, -0.25) is 57.8 Å². The summed E-state index contributed by atoms with van der Waals surface area (Å²) >= 11 is 0. The number of likely N-dealkylation sites (tertiary alicyclic amines) is 1. The second-order valence-corrected chi connectivity index (χ2v) is 23.7. The van der Waals surface area contributed by atoms with Crippen molar-refractivity contribution in [3.63, 3.8) is 0 Å². The minimum absolute atomic E-state index is 0.0164. The van der Waals surface area contributed by atoms with Crippen molar-refractivity contribution in [3.05, 3.63) is 48.0 Å². The molecule has 0 spiro atoms. The number of carbonyl (C=O) groups is 9. The molecule has 2 saturated heterocycles. The first-order chi connectivity index (χ1) is 38.0. The number of methoxy groups -OCH3 is 2. The number of ketones is 2. The molecule has 4 aliphatic rings. The number of Topliss-reactive ketones (excluding diaryl/α,β-unsaturated/α-hetero) is 2. The van der Waals surface area contributed by atoms with Gasteiger partial charge in [0.25, 0.3) is 17.7 Å². The SMILES string of the molecule is CC[C@H](C)[C@@H]([C@@H](CC(=O)N1CCC[C@H]1[C@H](OC)[C@@H](C)C(=O)N[C@@]1(C(=O)N2CCCCO2)C[C@@H]1c1ccccc1)OC)N(C)C(=O)[C@@H](CC(=O)[C@H](C(C)C)N(C)CCCC(=O)CCCN(C)C(=O)CCCN1C(=O)C=CC1=O)C(C)C. The highest BCUT2D eigenvalue weighted by Crippen LogP contribution is 2.53. The summed E-state index contributed by atoms with van der Waals surface area (Å²) in [6.07, 6.45) is 7.39. The second-order valence-electron chi connectivity index (χ2n) is 23.7. The van der Waals surface area contributed by atoms with Crippen LogP contribution >= 0.6 is 0 Å². The topological polar surface area (TPSA) is 213 Å². The molecule has 3 heterocycles. The fourth-order valence-electron chi connectivity index (χ4n) is 12.4. The van der Waals surface area contributed by atoms with Gasteiger partial charge in [-0.05, 0) is 88.3 Å². The molecular formula is C61H95N7O12. The lowest BCUT2D eigenvalue weighted by molar-refractivity contribution is -0.200. The van der Waals surface area contributed by atoms with Crippen molar-refractivity contribution < 1.29 is 57.5 Å². The molecule has 1 aromatic carbocycles. The van der Waals surface area contributed by atoms with Crippen LogP contribution in [0.2, 0.25) is 0 Å². The fourth-order valence-corrected chi connectivity index (χ4v) is 12.4. The molecule has 7 amide bonds. The number of rotatable bonds is 33. The van der Waals surface area contributed by atoms with Crippen molar-refractivity contribution in [2.45, 2.75) is 180 Å². The summed E-state index contributed by atoms with van der Waals surface area (Å²) in [6.45, 7) is 16.1. The molecule has 0 radical (unpaired) electrons. The number of ether oxygens (including phenoxy) is 2. The Hall–Kier alpha value is -5.37. The summed E-state index contributed by atoms with van der Waals surface area (Å²) in [7, 11) is 8.41. The Morgan fingerprint density at radius 3 is 2.05 bits per heavy atom. The maximum Gasteiger partial charge on any atom is 0.272 e. The maximum atomic E-state index is 14.8. The molecule has 3 aliphatic heterocycles. The summed E-state index contributed by atoms with van der Waals surface area (Å²) in [5.41, 5.74) is -0.205. The largest absolute Gasteiger partial charge is 0.379 e. The summed E-state index contributed by atoms with van der Waals surface area (Å²) < 4.78 is 12.3. The zero-order valence-corrected chi connectivity index (χ0v) is 50.1. The van der Waals surface area contributed by atoms with Crippen molar-refractivity contribution in [3.8, 4) is 0 Å². The van der Waals surface area contributed by atoms with Crippen LogP contribution in [-0.4, -0.2) is 193 Å². The predicted octanol–water partition coefficient (Wildman–Crippen LogP) is 5.98. The highest BCUT2D eigenvalue weighted by Gasteiger charge is 2.64. The van der Waals surface area contributed by atoms with Crippen molar-refractivity contribution in [1.29, 1.82) is 0 Å². The van der Waals surface area contributed by atoms with Crippen molar-refractivity contribution >= 4 is 52.9 Å². The molecule has 0 bridgehead atoms. The van der Waals surface area contributed by atoms with Gasteiger partial charge in [-0.25, -0.2) is 5.06 Å². The molecule has 19 nitrogen and oxygen atoms in total. The zero-order valence-electron chi connectivity index (χ0n) is 50.1. The van der Waals surface area contributed by atoms with Crippen LogP contribution < -0.4 is 5.32 Å². The lowest BCUT2D eigenvalue weighted by atomic mass is 9.83. The maximum absolute atomic E-state index is 14.8. The van der Waals surface area contributed by atoms with Gasteiger partial charge in [-0.15, -0.1) is 0 Å². The summed E-state index contributed by atoms with van der Waals surface area (Å²) in [4.78, 5) is 136. The Morgan fingerprint density at radius 1 is 0.800 bits per heavy atom.